The second-order valence-electron chi connectivity index (χ2n) is 6.70. The van der Waals surface area contributed by atoms with Crippen molar-refractivity contribution < 1.29 is 9.18 Å². The zero-order valence-corrected chi connectivity index (χ0v) is 16.1. The van der Waals surface area contributed by atoms with Crippen molar-refractivity contribution in [2.45, 2.75) is 13.8 Å². The highest BCUT2D eigenvalue weighted by Gasteiger charge is 2.14. The van der Waals surface area contributed by atoms with E-state index in [-0.39, 0.29) is 10.6 Å². The molecule has 0 saturated heterocycles. The van der Waals surface area contributed by atoms with Crippen LogP contribution in [0.4, 0.5) is 10.1 Å². The van der Waals surface area contributed by atoms with Crippen LogP contribution < -0.4 is 5.32 Å². The number of benzene rings is 2. The van der Waals surface area contributed by atoms with Gasteiger partial charge in [-0.25, -0.2) is 9.37 Å². The molecule has 0 aliphatic heterocycles. The molecule has 140 valence electrons. The van der Waals surface area contributed by atoms with Gasteiger partial charge >= 0.3 is 0 Å². The molecule has 4 rings (SSSR count). The van der Waals surface area contributed by atoms with Crippen LogP contribution in [-0.2, 0) is 0 Å². The molecule has 1 amide bonds. The number of nitrogens with one attached hydrogen (secondary N) is 1. The number of hydrogen-bond acceptors (Lipinski definition) is 2. The minimum absolute atomic E-state index is 0.0713. The van der Waals surface area contributed by atoms with Gasteiger partial charge in [0.1, 0.15) is 11.5 Å². The topological polar surface area (TPSA) is 46.4 Å². The Morgan fingerprint density at radius 3 is 2.71 bits per heavy atom. The quantitative estimate of drug-likeness (QED) is 0.488. The second kappa shape index (κ2) is 7.09. The zero-order chi connectivity index (χ0) is 19.8. The largest absolute Gasteiger partial charge is 0.322 e. The first kappa shape index (κ1) is 18.2. The third kappa shape index (κ3) is 3.49. The summed E-state index contributed by atoms with van der Waals surface area (Å²) in [6, 6.07) is 13.5. The molecular formula is C22H17ClFN3O. The van der Waals surface area contributed by atoms with Gasteiger partial charge < -0.3 is 9.72 Å². The van der Waals surface area contributed by atoms with E-state index in [4.69, 9.17) is 11.6 Å². The van der Waals surface area contributed by atoms with Gasteiger partial charge in [0.15, 0.2) is 0 Å². The fourth-order valence-corrected chi connectivity index (χ4v) is 3.26. The lowest BCUT2D eigenvalue weighted by Crippen LogP contribution is -2.13. The number of aromatic nitrogens is 2. The number of carbonyl (C=O) groups excluding carboxylic acids is 1. The normalized spacial score (nSPS) is 11.0. The monoisotopic (exact) mass is 393 g/mol. The number of halogens is 2. The highest BCUT2D eigenvalue weighted by atomic mass is 35.5. The third-order valence-electron chi connectivity index (χ3n) is 4.57. The fraction of sp³-hybridized carbons (Fsp3) is 0.0909. The standard InChI is InChI=1S/C22H17ClFN3O/c1-13-7-8-27-12-20(25-21(27)9-13)15-4-3-14(2)19(10-15)26-22(28)17-6-5-16(24)11-18(17)23/h3-12H,1-2H3,(H,26,28). The number of fused-ring (bicyclic) bond motifs is 1. The molecule has 4 aromatic rings. The Bertz CT molecular complexity index is 1220. The highest BCUT2D eigenvalue weighted by molar-refractivity contribution is 6.34. The molecule has 0 fully saturated rings. The summed E-state index contributed by atoms with van der Waals surface area (Å²) in [5.74, 6) is -0.877. The number of pyridine rings is 1. The Hall–Kier alpha value is -3.18. The summed E-state index contributed by atoms with van der Waals surface area (Å²) < 4.78 is 15.2. The zero-order valence-electron chi connectivity index (χ0n) is 15.3. The molecule has 2 aromatic carbocycles. The van der Waals surface area contributed by atoms with E-state index in [1.807, 2.05) is 61.0 Å². The molecule has 6 heteroatoms. The maximum absolute atomic E-state index is 13.2. The Labute approximate surface area is 166 Å². The number of nitrogens with zero attached hydrogens (tertiary/aromatic N) is 2. The second-order valence-corrected chi connectivity index (χ2v) is 7.11. The summed E-state index contributed by atoms with van der Waals surface area (Å²) in [6.07, 6.45) is 3.91. The maximum atomic E-state index is 13.2. The van der Waals surface area contributed by atoms with E-state index in [0.717, 1.165) is 34.1 Å². The van der Waals surface area contributed by atoms with E-state index in [9.17, 15) is 9.18 Å². The van der Waals surface area contributed by atoms with E-state index in [2.05, 4.69) is 10.3 Å². The van der Waals surface area contributed by atoms with E-state index in [1.165, 1.54) is 12.1 Å². The lowest BCUT2D eigenvalue weighted by atomic mass is 10.1. The van der Waals surface area contributed by atoms with Crippen LogP contribution in [0, 0.1) is 19.7 Å². The van der Waals surface area contributed by atoms with Gasteiger partial charge in [-0.05, 0) is 61.4 Å². The maximum Gasteiger partial charge on any atom is 0.257 e. The number of amides is 1. The summed E-state index contributed by atoms with van der Waals surface area (Å²) in [5.41, 5.74) is 5.45. The van der Waals surface area contributed by atoms with Gasteiger partial charge in [0.25, 0.3) is 5.91 Å². The molecule has 1 N–H and O–H groups in total. The van der Waals surface area contributed by atoms with E-state index < -0.39 is 11.7 Å². The number of anilines is 1. The number of carbonyl (C=O) groups is 1. The first-order valence-electron chi connectivity index (χ1n) is 8.73. The molecule has 28 heavy (non-hydrogen) atoms. The Morgan fingerprint density at radius 1 is 1.11 bits per heavy atom. The first-order chi connectivity index (χ1) is 13.4. The van der Waals surface area contributed by atoms with Crippen LogP contribution in [0.25, 0.3) is 16.9 Å². The first-order valence-corrected chi connectivity index (χ1v) is 9.11. The van der Waals surface area contributed by atoms with Crippen LogP contribution in [0.15, 0.2) is 60.9 Å². The van der Waals surface area contributed by atoms with Crippen molar-refractivity contribution in [2.24, 2.45) is 0 Å². The Morgan fingerprint density at radius 2 is 1.93 bits per heavy atom. The Kier molecular flexibility index (Phi) is 4.61. The van der Waals surface area contributed by atoms with Gasteiger partial charge in [0.05, 0.1) is 16.3 Å². The van der Waals surface area contributed by atoms with Crippen molar-refractivity contribution in [3.63, 3.8) is 0 Å². The molecule has 4 nitrogen and oxygen atoms in total. The number of hydrogen-bond donors (Lipinski definition) is 1. The van der Waals surface area contributed by atoms with Gasteiger partial charge in [0.2, 0.25) is 0 Å². The molecule has 0 bridgehead atoms. The highest BCUT2D eigenvalue weighted by Crippen LogP contribution is 2.27. The summed E-state index contributed by atoms with van der Waals surface area (Å²) in [4.78, 5) is 17.3. The van der Waals surface area contributed by atoms with Crippen LogP contribution in [0.2, 0.25) is 5.02 Å². The van der Waals surface area contributed by atoms with Crippen LogP contribution >= 0.6 is 11.6 Å². The predicted octanol–water partition coefficient (Wildman–Crippen LogP) is 5.66. The molecule has 2 heterocycles. The van der Waals surface area contributed by atoms with Crippen molar-refractivity contribution in [3.05, 3.63) is 88.5 Å². The van der Waals surface area contributed by atoms with Crippen LogP contribution in [0.3, 0.4) is 0 Å². The van der Waals surface area contributed by atoms with Crippen molar-refractivity contribution in [1.29, 1.82) is 0 Å². The molecule has 0 spiro atoms. The minimum Gasteiger partial charge on any atom is -0.322 e. The molecule has 0 unspecified atom stereocenters. The number of imidazole rings is 1. The molecule has 0 aliphatic rings. The van der Waals surface area contributed by atoms with Crippen molar-refractivity contribution in [3.8, 4) is 11.3 Å². The fourth-order valence-electron chi connectivity index (χ4n) is 3.00. The SMILES string of the molecule is Cc1ccn2cc(-c3ccc(C)c(NC(=O)c4ccc(F)cc4Cl)c3)nc2c1. The summed E-state index contributed by atoms with van der Waals surface area (Å²) >= 11 is 6.00. The van der Waals surface area contributed by atoms with E-state index >= 15 is 0 Å². The van der Waals surface area contributed by atoms with Gasteiger partial charge in [-0.1, -0.05) is 23.7 Å². The van der Waals surface area contributed by atoms with Gasteiger partial charge in [0, 0.05) is 23.6 Å². The third-order valence-corrected chi connectivity index (χ3v) is 4.89. The van der Waals surface area contributed by atoms with Crippen LogP contribution in [0.1, 0.15) is 21.5 Å². The summed E-state index contributed by atoms with van der Waals surface area (Å²) in [5, 5.41) is 2.93. The number of aryl methyl sites for hydroxylation is 2. The molecule has 0 atom stereocenters. The average Bonchev–Trinajstić information content (AvgIpc) is 3.06. The lowest BCUT2D eigenvalue weighted by molar-refractivity contribution is 0.102. The molecule has 2 aromatic heterocycles. The number of rotatable bonds is 3. The summed E-state index contributed by atoms with van der Waals surface area (Å²) in [7, 11) is 0. The smallest absolute Gasteiger partial charge is 0.257 e. The van der Waals surface area contributed by atoms with Gasteiger partial charge in [-0.15, -0.1) is 0 Å². The lowest BCUT2D eigenvalue weighted by Gasteiger charge is -2.11. The van der Waals surface area contributed by atoms with Crippen LogP contribution in [-0.4, -0.2) is 15.3 Å². The van der Waals surface area contributed by atoms with Crippen molar-refractivity contribution in [1.82, 2.24) is 9.38 Å². The van der Waals surface area contributed by atoms with E-state index in [1.54, 1.807) is 0 Å². The predicted molar refractivity (Wildman–Crippen MR) is 109 cm³/mol. The van der Waals surface area contributed by atoms with E-state index in [0.29, 0.717) is 5.69 Å². The Balaban J connectivity index is 1.67. The van der Waals surface area contributed by atoms with Crippen LogP contribution in [0.5, 0.6) is 0 Å². The van der Waals surface area contributed by atoms with Gasteiger partial charge in [-0.3, -0.25) is 4.79 Å². The average molecular weight is 394 g/mol. The van der Waals surface area contributed by atoms with Crippen molar-refractivity contribution >= 4 is 28.8 Å². The summed E-state index contributed by atoms with van der Waals surface area (Å²) in [6.45, 7) is 3.92. The van der Waals surface area contributed by atoms with Crippen molar-refractivity contribution in [2.75, 3.05) is 5.32 Å². The minimum atomic E-state index is -0.484. The molecular weight excluding hydrogens is 377 g/mol. The van der Waals surface area contributed by atoms with Gasteiger partial charge in [-0.2, -0.15) is 0 Å². The molecule has 0 aliphatic carbocycles. The molecule has 0 saturated carbocycles. The molecule has 0 radical (unpaired) electrons.